The van der Waals surface area contributed by atoms with Gasteiger partial charge in [-0.1, -0.05) is 278 Å². The number of aliphatic hydroxyl groups is 1. The third-order valence-corrected chi connectivity index (χ3v) is 18.1. The zero-order valence-corrected chi connectivity index (χ0v) is 64.6. The van der Waals surface area contributed by atoms with Gasteiger partial charge in [0, 0.05) is 25.7 Å². The summed E-state index contributed by atoms with van der Waals surface area (Å²) in [5.41, 5.74) is 0. The first-order chi connectivity index (χ1) is 48.7. The molecular formula is C81H140O17P2. The number of unbranched alkanes of at least 4 members (excludes halogenated alkanes) is 29. The number of hydrogen-bond acceptors (Lipinski definition) is 15. The van der Waals surface area contributed by atoms with Gasteiger partial charge in [0.25, 0.3) is 0 Å². The molecule has 0 bridgehead atoms. The normalized spacial score (nSPS) is 14.5. The fourth-order valence-electron chi connectivity index (χ4n) is 10.3. The van der Waals surface area contributed by atoms with Crippen LogP contribution in [0, 0.1) is 0 Å². The Morgan fingerprint density at radius 3 is 0.840 bits per heavy atom. The lowest BCUT2D eigenvalue weighted by Crippen LogP contribution is -2.30. The van der Waals surface area contributed by atoms with Crippen molar-refractivity contribution in [3.8, 4) is 0 Å². The minimum atomic E-state index is -4.98. The van der Waals surface area contributed by atoms with Gasteiger partial charge in [0.1, 0.15) is 19.3 Å². The molecule has 0 amide bonds. The quantitative estimate of drug-likeness (QED) is 0.0169. The fourth-order valence-corrected chi connectivity index (χ4v) is 11.9. The predicted molar refractivity (Wildman–Crippen MR) is 408 cm³/mol. The summed E-state index contributed by atoms with van der Waals surface area (Å²) in [6, 6.07) is 0. The molecule has 0 radical (unpaired) electrons. The number of esters is 4. The third kappa shape index (κ3) is 72.1. The third-order valence-electron chi connectivity index (χ3n) is 16.2. The van der Waals surface area contributed by atoms with E-state index in [1.54, 1.807) is 0 Å². The molecule has 5 atom stereocenters. The van der Waals surface area contributed by atoms with Gasteiger partial charge in [-0.05, 0) is 128 Å². The van der Waals surface area contributed by atoms with Crippen molar-refractivity contribution >= 4 is 39.5 Å². The highest BCUT2D eigenvalue weighted by Crippen LogP contribution is 2.45. The number of hydrogen-bond donors (Lipinski definition) is 3. The maximum atomic E-state index is 13.1. The van der Waals surface area contributed by atoms with E-state index in [2.05, 4.69) is 137 Å². The summed E-state index contributed by atoms with van der Waals surface area (Å²) in [5, 5.41) is 10.6. The van der Waals surface area contributed by atoms with Crippen molar-refractivity contribution < 1.29 is 80.2 Å². The van der Waals surface area contributed by atoms with Crippen molar-refractivity contribution in [1.82, 2.24) is 0 Å². The van der Waals surface area contributed by atoms with Gasteiger partial charge in [-0.3, -0.25) is 37.3 Å². The first-order valence-corrected chi connectivity index (χ1v) is 42.1. The Labute approximate surface area is 607 Å². The van der Waals surface area contributed by atoms with Gasteiger partial charge >= 0.3 is 39.5 Å². The minimum Gasteiger partial charge on any atom is -0.462 e. The Balaban J connectivity index is 5.40. The zero-order chi connectivity index (χ0) is 73.2. The lowest BCUT2D eigenvalue weighted by molar-refractivity contribution is -0.161. The molecule has 5 unspecified atom stereocenters. The van der Waals surface area contributed by atoms with Gasteiger partial charge in [0.15, 0.2) is 12.2 Å². The van der Waals surface area contributed by atoms with Gasteiger partial charge in [-0.15, -0.1) is 0 Å². The average molecular weight is 1450 g/mol. The summed E-state index contributed by atoms with van der Waals surface area (Å²) in [6.45, 7) is 4.57. The van der Waals surface area contributed by atoms with Crippen molar-refractivity contribution in [1.29, 1.82) is 0 Å². The second kappa shape index (κ2) is 73.0. The van der Waals surface area contributed by atoms with E-state index in [1.165, 1.54) is 83.5 Å². The van der Waals surface area contributed by atoms with Gasteiger partial charge in [-0.25, -0.2) is 9.13 Å². The summed E-state index contributed by atoms with van der Waals surface area (Å²) in [6.07, 6.45) is 77.9. The highest BCUT2D eigenvalue weighted by Gasteiger charge is 2.30. The first kappa shape index (κ1) is 95.7. The number of carbonyl (C=O) groups is 4. The number of carbonyl (C=O) groups excluding carboxylic acids is 4. The highest BCUT2D eigenvalue weighted by molar-refractivity contribution is 7.47. The van der Waals surface area contributed by atoms with Crippen molar-refractivity contribution in [2.75, 3.05) is 39.6 Å². The largest absolute Gasteiger partial charge is 0.472 e. The zero-order valence-electron chi connectivity index (χ0n) is 62.8. The Kier molecular flexibility index (Phi) is 69.9. The van der Waals surface area contributed by atoms with E-state index in [-0.39, 0.29) is 25.7 Å². The Hall–Kier alpha value is -4.28. The van der Waals surface area contributed by atoms with Crippen LogP contribution in [0.25, 0.3) is 0 Å². The fraction of sp³-hybridized carbons (Fsp3) is 0.728. The molecule has 0 aliphatic rings. The summed E-state index contributed by atoms with van der Waals surface area (Å²) in [5.74, 6) is -2.24. The SMILES string of the molecule is CC/C=C\C/C=C\C/C=C\C/C=C\CCCCC(=O)OCC(COP(=O)(O)OCC(O)COP(=O)(O)OCC(COC(=O)CCCCCCC/C=C\C/C=C\C/C=C\CC)OC(=O)CCCCCCC/C=C\C/C=C\CCCCC)OC(=O)CCCCCCCCCCCCCCCCC. The molecule has 0 aromatic carbocycles. The van der Waals surface area contributed by atoms with E-state index in [1.807, 2.05) is 0 Å². The molecule has 17 nitrogen and oxygen atoms in total. The maximum Gasteiger partial charge on any atom is 0.472 e. The van der Waals surface area contributed by atoms with E-state index >= 15 is 0 Å². The molecule has 0 spiro atoms. The summed E-state index contributed by atoms with van der Waals surface area (Å²) in [4.78, 5) is 72.9. The molecule has 0 saturated carbocycles. The molecule has 0 aromatic heterocycles. The number of aliphatic hydroxyl groups excluding tert-OH is 1. The molecule has 0 aliphatic heterocycles. The number of ether oxygens (including phenoxy) is 4. The van der Waals surface area contributed by atoms with Crippen LogP contribution in [0.3, 0.4) is 0 Å². The van der Waals surface area contributed by atoms with Gasteiger partial charge in [0.05, 0.1) is 26.4 Å². The van der Waals surface area contributed by atoms with Crippen LogP contribution in [0.4, 0.5) is 0 Å². The van der Waals surface area contributed by atoms with Crippen LogP contribution in [-0.2, 0) is 65.4 Å². The molecule has 0 saturated heterocycles. The van der Waals surface area contributed by atoms with Crippen molar-refractivity contribution in [3.05, 3.63) is 109 Å². The second-order valence-corrected chi connectivity index (χ2v) is 28.8. The number of phosphoric acid groups is 2. The topological polar surface area (TPSA) is 237 Å². The van der Waals surface area contributed by atoms with Crippen molar-refractivity contribution in [3.63, 3.8) is 0 Å². The highest BCUT2D eigenvalue weighted by atomic mass is 31.2. The minimum absolute atomic E-state index is 0.0735. The maximum absolute atomic E-state index is 13.1. The van der Waals surface area contributed by atoms with Gasteiger partial charge in [-0.2, -0.15) is 0 Å². The van der Waals surface area contributed by atoms with Crippen LogP contribution < -0.4 is 0 Å². The Morgan fingerprint density at radius 2 is 0.520 bits per heavy atom. The van der Waals surface area contributed by atoms with E-state index in [4.69, 9.17) is 37.0 Å². The summed E-state index contributed by atoms with van der Waals surface area (Å²) in [7, 11) is -9.97. The molecule has 576 valence electrons. The van der Waals surface area contributed by atoms with Crippen LogP contribution in [0.1, 0.15) is 323 Å². The van der Waals surface area contributed by atoms with E-state index in [0.29, 0.717) is 25.7 Å². The van der Waals surface area contributed by atoms with Crippen LogP contribution in [0.2, 0.25) is 0 Å². The molecule has 0 aromatic rings. The summed E-state index contributed by atoms with van der Waals surface area (Å²) >= 11 is 0. The lowest BCUT2D eigenvalue weighted by Gasteiger charge is -2.21. The molecule has 19 heteroatoms. The molecular weight excluding hydrogens is 1310 g/mol. The monoisotopic (exact) mass is 1450 g/mol. The molecule has 0 fully saturated rings. The number of rotatable bonds is 73. The second-order valence-electron chi connectivity index (χ2n) is 25.9. The summed E-state index contributed by atoms with van der Waals surface area (Å²) < 4.78 is 68.5. The smallest absolute Gasteiger partial charge is 0.462 e. The van der Waals surface area contributed by atoms with Crippen molar-refractivity contribution in [2.24, 2.45) is 0 Å². The molecule has 0 aliphatic carbocycles. The average Bonchev–Trinajstić information content (AvgIpc) is 1.01. The molecule has 100 heavy (non-hydrogen) atoms. The van der Waals surface area contributed by atoms with Gasteiger partial charge in [0.2, 0.25) is 0 Å². The Bertz CT molecular complexity index is 2320. The van der Waals surface area contributed by atoms with Crippen LogP contribution in [-0.4, -0.2) is 96.7 Å². The van der Waals surface area contributed by atoms with Crippen LogP contribution in [0.15, 0.2) is 109 Å². The molecule has 0 rings (SSSR count). The molecule has 3 N–H and O–H groups in total. The first-order valence-electron chi connectivity index (χ1n) is 39.1. The van der Waals surface area contributed by atoms with Crippen LogP contribution >= 0.6 is 15.6 Å². The number of phosphoric ester groups is 2. The number of allylic oxidation sites excluding steroid dienone is 18. The standard InChI is InChI=1S/C81H140O17P2/c1-5-9-13-17-21-25-29-33-37-41-45-49-53-57-61-65-78(83)91-71-76(97-80(85)67-63-59-55-51-47-43-39-35-31-27-23-19-15-11-7-3)73-95-99(87,88)93-69-75(82)70-94-100(89,90)96-74-77(98-81(86)68-64-60-56-52-48-44-40-36-32-28-24-20-16-12-8-4)72-92-79(84)66-62-58-54-50-46-42-38-34-30-26-22-18-14-10-6-2/h9-10,13-14,21-23,25-27,33-35,37-39,46,50,75-77,82H,5-8,11-12,15-20,24,28-32,36,40-45,47-49,51-74H2,1-4H3,(H,87,88)(H,89,90)/b13-9-,14-10-,25-21-,26-22-,27-23-,37-33-,38-34-,39-35-,50-46-. The predicted octanol–water partition coefficient (Wildman–Crippen LogP) is 22.6. The Morgan fingerprint density at radius 1 is 0.290 bits per heavy atom. The van der Waals surface area contributed by atoms with Crippen molar-refractivity contribution in [2.45, 2.75) is 341 Å². The van der Waals surface area contributed by atoms with E-state index < -0.39 is 97.5 Å². The lowest BCUT2D eigenvalue weighted by atomic mass is 10.0. The molecule has 0 heterocycles. The van der Waals surface area contributed by atoms with E-state index in [9.17, 15) is 43.2 Å². The van der Waals surface area contributed by atoms with Gasteiger partial charge < -0.3 is 33.8 Å². The van der Waals surface area contributed by atoms with Crippen LogP contribution in [0.5, 0.6) is 0 Å². The van der Waals surface area contributed by atoms with E-state index in [0.717, 1.165) is 161 Å².